The van der Waals surface area contributed by atoms with E-state index in [9.17, 15) is 9.59 Å². The molecule has 0 aliphatic carbocycles. The molecule has 1 saturated heterocycles. The number of nitrogens with one attached hydrogen (secondary N) is 1. The number of aromatic nitrogens is 2. The minimum atomic E-state index is -0.188. The molecule has 28 heavy (non-hydrogen) atoms. The fourth-order valence-corrected chi connectivity index (χ4v) is 4.04. The van der Waals surface area contributed by atoms with Gasteiger partial charge in [0.2, 0.25) is 0 Å². The Morgan fingerprint density at radius 2 is 1.75 bits per heavy atom. The first-order valence-electron chi connectivity index (χ1n) is 9.50. The number of amides is 1. The van der Waals surface area contributed by atoms with E-state index in [0.29, 0.717) is 5.39 Å². The molecule has 0 saturated carbocycles. The van der Waals surface area contributed by atoms with Gasteiger partial charge in [-0.3, -0.25) is 9.59 Å². The average Bonchev–Trinajstić information content (AvgIpc) is 3.27. The van der Waals surface area contributed by atoms with Gasteiger partial charge >= 0.3 is 0 Å². The summed E-state index contributed by atoms with van der Waals surface area (Å²) in [6.07, 6.45) is 3.84. The van der Waals surface area contributed by atoms with Crippen molar-refractivity contribution in [2.45, 2.75) is 12.8 Å². The van der Waals surface area contributed by atoms with Crippen LogP contribution in [-0.4, -0.2) is 34.1 Å². The Morgan fingerprint density at radius 3 is 2.61 bits per heavy atom. The van der Waals surface area contributed by atoms with Crippen molar-refractivity contribution in [3.05, 3.63) is 76.7 Å². The highest BCUT2D eigenvalue weighted by molar-refractivity contribution is 6.03. The van der Waals surface area contributed by atoms with E-state index in [4.69, 9.17) is 0 Å². The molecule has 5 heteroatoms. The Labute approximate surface area is 161 Å². The van der Waals surface area contributed by atoms with Gasteiger partial charge in [0.25, 0.3) is 11.5 Å². The molecule has 1 aliphatic rings. The second-order valence-corrected chi connectivity index (χ2v) is 7.24. The van der Waals surface area contributed by atoms with E-state index in [1.165, 1.54) is 0 Å². The van der Waals surface area contributed by atoms with Crippen LogP contribution >= 0.6 is 0 Å². The molecule has 1 aliphatic heterocycles. The third-order valence-corrected chi connectivity index (χ3v) is 5.50. The summed E-state index contributed by atoms with van der Waals surface area (Å²) in [5, 5.41) is 9.90. The van der Waals surface area contributed by atoms with E-state index in [1.807, 2.05) is 53.4 Å². The molecule has 0 atom stereocenters. The number of carbonyl (C=O) groups excluding carboxylic acids is 1. The van der Waals surface area contributed by atoms with Crippen LogP contribution in [0, 0.1) is 0 Å². The molecular formula is C23H19N3O2. The summed E-state index contributed by atoms with van der Waals surface area (Å²) in [7, 11) is 0. The number of benzene rings is 3. The van der Waals surface area contributed by atoms with E-state index in [1.54, 1.807) is 6.20 Å². The highest BCUT2D eigenvalue weighted by Crippen LogP contribution is 2.31. The number of rotatable bonds is 2. The smallest absolute Gasteiger partial charge is 0.272 e. The largest absolute Gasteiger partial charge is 0.339 e. The first-order valence-corrected chi connectivity index (χ1v) is 9.50. The molecule has 1 fully saturated rings. The Morgan fingerprint density at radius 1 is 0.929 bits per heavy atom. The molecule has 1 N–H and O–H groups in total. The predicted molar refractivity (Wildman–Crippen MR) is 110 cm³/mol. The Bertz CT molecular complexity index is 1270. The van der Waals surface area contributed by atoms with E-state index in [0.717, 1.165) is 58.8 Å². The molecule has 1 amide bonds. The molecule has 5 nitrogen and oxygen atoms in total. The summed E-state index contributed by atoms with van der Waals surface area (Å²) in [5.74, 6) is 0.112. The minimum absolute atomic E-state index is 0.112. The third kappa shape index (κ3) is 2.76. The van der Waals surface area contributed by atoms with Gasteiger partial charge in [0.05, 0.1) is 11.6 Å². The third-order valence-electron chi connectivity index (χ3n) is 5.50. The molecule has 0 radical (unpaired) electrons. The minimum Gasteiger partial charge on any atom is -0.339 e. The quantitative estimate of drug-likeness (QED) is 0.581. The van der Waals surface area contributed by atoms with Crippen molar-refractivity contribution in [2.75, 3.05) is 13.1 Å². The fraction of sp³-hybridized carbons (Fsp3) is 0.174. The maximum Gasteiger partial charge on any atom is 0.272 e. The van der Waals surface area contributed by atoms with Gasteiger partial charge in [-0.15, -0.1) is 0 Å². The lowest BCUT2D eigenvalue weighted by molar-refractivity contribution is 0.0793. The van der Waals surface area contributed by atoms with Crippen molar-refractivity contribution in [3.8, 4) is 11.1 Å². The van der Waals surface area contributed by atoms with Crippen LogP contribution in [0.4, 0.5) is 0 Å². The van der Waals surface area contributed by atoms with Crippen molar-refractivity contribution in [1.82, 2.24) is 15.1 Å². The van der Waals surface area contributed by atoms with Crippen LogP contribution < -0.4 is 5.56 Å². The van der Waals surface area contributed by atoms with E-state index >= 15 is 0 Å². The summed E-state index contributed by atoms with van der Waals surface area (Å²) in [5.41, 5.74) is 2.64. The van der Waals surface area contributed by atoms with Crippen LogP contribution in [0.1, 0.15) is 23.2 Å². The standard InChI is InChI=1S/C23H19N3O2/c27-22-21-9-6-16(13-18(21)14-24-25-22)19-5-3-4-15-12-17(7-8-20(15)19)23(28)26-10-1-2-11-26/h3-9,12-14H,1-2,10-11H2,(H,25,27). The zero-order valence-electron chi connectivity index (χ0n) is 15.3. The number of fused-ring (bicyclic) bond motifs is 2. The number of hydrogen-bond donors (Lipinski definition) is 1. The number of hydrogen-bond acceptors (Lipinski definition) is 3. The summed E-state index contributed by atoms with van der Waals surface area (Å²) in [6.45, 7) is 1.70. The molecule has 138 valence electrons. The van der Waals surface area contributed by atoms with E-state index in [2.05, 4.69) is 16.3 Å². The highest BCUT2D eigenvalue weighted by atomic mass is 16.2. The van der Waals surface area contributed by atoms with Gasteiger partial charge in [-0.05, 0) is 59.0 Å². The Balaban J connectivity index is 1.60. The second kappa shape index (κ2) is 6.60. The van der Waals surface area contributed by atoms with Crippen molar-refractivity contribution < 1.29 is 4.79 Å². The SMILES string of the molecule is O=C(c1ccc2c(-c3ccc4c(=O)[nH]ncc4c3)cccc2c1)N1CCCC1. The molecule has 3 aromatic carbocycles. The summed E-state index contributed by atoms with van der Waals surface area (Å²) in [4.78, 5) is 26.5. The molecule has 0 bridgehead atoms. The first-order chi connectivity index (χ1) is 13.7. The Hall–Kier alpha value is -3.47. The maximum atomic E-state index is 12.7. The zero-order chi connectivity index (χ0) is 19.1. The van der Waals surface area contributed by atoms with Crippen molar-refractivity contribution in [2.24, 2.45) is 0 Å². The summed E-state index contributed by atoms with van der Waals surface area (Å²) >= 11 is 0. The van der Waals surface area contributed by atoms with Crippen molar-refractivity contribution in [3.63, 3.8) is 0 Å². The number of aromatic amines is 1. The molecule has 0 spiro atoms. The monoisotopic (exact) mass is 369 g/mol. The number of H-pyrrole nitrogens is 1. The van der Waals surface area contributed by atoms with Gasteiger partial charge in [-0.25, -0.2) is 5.10 Å². The molecule has 0 unspecified atom stereocenters. The fourth-order valence-electron chi connectivity index (χ4n) is 4.04. The normalized spacial score (nSPS) is 14.1. The zero-order valence-corrected chi connectivity index (χ0v) is 15.3. The predicted octanol–water partition coefficient (Wildman–Crippen LogP) is 3.98. The molecular weight excluding hydrogens is 350 g/mol. The van der Waals surface area contributed by atoms with Gasteiger partial charge in [0, 0.05) is 24.0 Å². The van der Waals surface area contributed by atoms with E-state index in [-0.39, 0.29) is 11.5 Å². The lowest BCUT2D eigenvalue weighted by atomic mass is 9.95. The van der Waals surface area contributed by atoms with Gasteiger partial charge in [-0.1, -0.05) is 30.3 Å². The van der Waals surface area contributed by atoms with Crippen LogP contribution in [0.3, 0.4) is 0 Å². The lowest BCUT2D eigenvalue weighted by Gasteiger charge is -2.16. The number of carbonyl (C=O) groups is 1. The Kier molecular flexibility index (Phi) is 3.93. The van der Waals surface area contributed by atoms with Crippen LogP contribution in [0.25, 0.3) is 32.7 Å². The first kappa shape index (κ1) is 16.7. The molecule has 4 aromatic rings. The summed E-state index contributed by atoms with van der Waals surface area (Å²) < 4.78 is 0. The van der Waals surface area contributed by atoms with Gasteiger partial charge in [-0.2, -0.15) is 5.10 Å². The summed E-state index contributed by atoms with van der Waals surface area (Å²) in [6, 6.07) is 17.8. The van der Waals surface area contributed by atoms with Crippen LogP contribution in [-0.2, 0) is 0 Å². The van der Waals surface area contributed by atoms with Gasteiger partial charge in [0.15, 0.2) is 0 Å². The molecule has 1 aromatic heterocycles. The second-order valence-electron chi connectivity index (χ2n) is 7.24. The van der Waals surface area contributed by atoms with Crippen LogP contribution in [0.5, 0.6) is 0 Å². The van der Waals surface area contributed by atoms with Crippen molar-refractivity contribution in [1.29, 1.82) is 0 Å². The maximum absolute atomic E-state index is 12.7. The lowest BCUT2D eigenvalue weighted by Crippen LogP contribution is -2.27. The molecule has 5 rings (SSSR count). The molecule has 2 heterocycles. The number of likely N-dealkylation sites (tertiary alicyclic amines) is 1. The highest BCUT2D eigenvalue weighted by Gasteiger charge is 2.19. The number of nitrogens with zero attached hydrogens (tertiary/aromatic N) is 2. The van der Waals surface area contributed by atoms with Crippen LogP contribution in [0.2, 0.25) is 0 Å². The van der Waals surface area contributed by atoms with Crippen molar-refractivity contribution >= 4 is 27.5 Å². The van der Waals surface area contributed by atoms with E-state index < -0.39 is 0 Å². The van der Waals surface area contributed by atoms with Gasteiger partial charge in [0.1, 0.15) is 0 Å². The van der Waals surface area contributed by atoms with Crippen LogP contribution in [0.15, 0.2) is 65.6 Å². The average molecular weight is 369 g/mol. The van der Waals surface area contributed by atoms with Gasteiger partial charge < -0.3 is 4.90 Å². The topological polar surface area (TPSA) is 66.1 Å².